The smallest absolute Gasteiger partial charge is 0.161 e. The van der Waals surface area contributed by atoms with E-state index in [9.17, 15) is 0 Å². The molecule has 0 aliphatic rings. The van der Waals surface area contributed by atoms with E-state index in [0.717, 1.165) is 56.0 Å². The number of benzene rings is 10. The van der Waals surface area contributed by atoms with Gasteiger partial charge in [-0.1, -0.05) is 194 Å². The fraction of sp³-hybridized carbons (Fsp3) is 0. The molecule has 13 aromatic rings. The summed E-state index contributed by atoms with van der Waals surface area (Å²) in [5, 5.41) is 5.11. The average Bonchev–Trinajstić information content (AvgIpc) is 3.97. The molecule has 0 unspecified atom stereocenters. The van der Waals surface area contributed by atoms with Crippen LogP contribution in [-0.4, -0.2) is 14.5 Å². The lowest BCUT2D eigenvalue weighted by Gasteiger charge is -2.16. The minimum Gasteiger partial charge on any atom is -0.309 e. The fourth-order valence-electron chi connectivity index (χ4n) is 10.0. The lowest BCUT2D eigenvalue weighted by Crippen LogP contribution is -1.98. The molecule has 0 spiro atoms. The zero-order valence-corrected chi connectivity index (χ0v) is 37.7. The number of aromatic nitrogens is 3. The first-order valence-electron chi connectivity index (χ1n) is 23.1. The van der Waals surface area contributed by atoms with Crippen molar-refractivity contribution >= 4 is 53.3 Å². The first kappa shape index (κ1) is 39.6. The second-order valence-electron chi connectivity index (χ2n) is 17.3. The molecular weight excluding hydrogens is 843 g/mol. The standard InChI is InChI=1S/C64H41N3S/c1-6-18-42(19-7-1)50-33-30-46(38-54(50)43-20-8-2-9-21-43)47-31-34-51(55(39-47)64-65-56(44-22-10-3-11-23-44)41-57(66-64)45-24-12-4-13-25-45)48-32-35-53-61(40-48)68-60-37-36-59-62(63(53)60)52-28-16-17-29-58(52)67(59)49-26-14-5-15-27-49/h1-41H. The van der Waals surface area contributed by atoms with Crippen LogP contribution in [-0.2, 0) is 0 Å². The summed E-state index contributed by atoms with van der Waals surface area (Å²) in [5.41, 5.74) is 17.6. The number of para-hydroxylation sites is 2. The van der Waals surface area contributed by atoms with Gasteiger partial charge in [-0.3, -0.25) is 0 Å². The van der Waals surface area contributed by atoms with Gasteiger partial charge in [0.15, 0.2) is 5.82 Å². The topological polar surface area (TPSA) is 30.7 Å². The Morgan fingerprint density at radius 2 is 0.809 bits per heavy atom. The molecule has 4 heteroatoms. The Morgan fingerprint density at radius 1 is 0.294 bits per heavy atom. The third-order valence-electron chi connectivity index (χ3n) is 13.2. The van der Waals surface area contributed by atoms with Crippen LogP contribution < -0.4 is 0 Å². The minimum atomic E-state index is 0.679. The second kappa shape index (κ2) is 16.6. The van der Waals surface area contributed by atoms with E-state index in [0.29, 0.717) is 5.82 Å². The molecule has 0 saturated carbocycles. The van der Waals surface area contributed by atoms with Crippen LogP contribution in [0.1, 0.15) is 0 Å². The van der Waals surface area contributed by atoms with Gasteiger partial charge in [0.05, 0.1) is 22.4 Å². The van der Waals surface area contributed by atoms with Gasteiger partial charge in [0.1, 0.15) is 0 Å². The van der Waals surface area contributed by atoms with Gasteiger partial charge in [-0.05, 0) is 99.1 Å². The molecule has 318 valence electrons. The highest BCUT2D eigenvalue weighted by atomic mass is 32.1. The van der Waals surface area contributed by atoms with Crippen molar-refractivity contribution in [3.8, 4) is 84.1 Å². The van der Waals surface area contributed by atoms with Crippen molar-refractivity contribution in [2.24, 2.45) is 0 Å². The summed E-state index contributed by atoms with van der Waals surface area (Å²) >= 11 is 1.86. The Hall–Kier alpha value is -8.70. The van der Waals surface area contributed by atoms with Gasteiger partial charge in [0.2, 0.25) is 0 Å². The van der Waals surface area contributed by atoms with Gasteiger partial charge >= 0.3 is 0 Å². The van der Waals surface area contributed by atoms with Gasteiger partial charge in [-0.15, -0.1) is 11.3 Å². The van der Waals surface area contributed by atoms with E-state index >= 15 is 0 Å². The molecule has 0 amide bonds. The van der Waals surface area contributed by atoms with E-state index in [2.05, 4.69) is 253 Å². The van der Waals surface area contributed by atoms with E-state index in [1.165, 1.54) is 64.2 Å². The number of hydrogen-bond donors (Lipinski definition) is 0. The van der Waals surface area contributed by atoms with Crippen LogP contribution in [0.25, 0.3) is 126 Å². The number of hydrogen-bond acceptors (Lipinski definition) is 3. The largest absolute Gasteiger partial charge is 0.309 e. The normalized spacial score (nSPS) is 11.5. The van der Waals surface area contributed by atoms with Gasteiger partial charge < -0.3 is 4.57 Å². The Bertz CT molecular complexity index is 3930. The third-order valence-corrected chi connectivity index (χ3v) is 14.4. The Balaban J connectivity index is 1.03. The molecule has 10 aromatic carbocycles. The molecule has 0 atom stereocenters. The Morgan fingerprint density at radius 3 is 1.44 bits per heavy atom. The SMILES string of the molecule is c1ccc(-c2cc(-c3ccccc3)nc(-c3cc(-c4ccc(-c5ccccc5)c(-c5ccccc5)c4)ccc3-c3ccc4c(c3)sc3ccc5c(c6ccccc6n5-c5ccccc5)c34)n2)cc1. The number of nitrogens with zero attached hydrogens (tertiary/aromatic N) is 3. The summed E-state index contributed by atoms with van der Waals surface area (Å²) in [6.45, 7) is 0. The summed E-state index contributed by atoms with van der Waals surface area (Å²) in [7, 11) is 0. The van der Waals surface area contributed by atoms with E-state index in [4.69, 9.17) is 9.97 Å². The minimum absolute atomic E-state index is 0.679. The first-order chi connectivity index (χ1) is 33.7. The van der Waals surface area contributed by atoms with Gasteiger partial charge in [0, 0.05) is 53.3 Å². The molecule has 0 radical (unpaired) electrons. The summed E-state index contributed by atoms with van der Waals surface area (Å²) in [5.74, 6) is 0.679. The van der Waals surface area contributed by atoms with E-state index < -0.39 is 0 Å². The van der Waals surface area contributed by atoms with Crippen LogP contribution in [0, 0.1) is 0 Å². The van der Waals surface area contributed by atoms with Crippen molar-refractivity contribution in [3.63, 3.8) is 0 Å². The van der Waals surface area contributed by atoms with E-state index in [1.54, 1.807) is 0 Å². The maximum Gasteiger partial charge on any atom is 0.161 e. The van der Waals surface area contributed by atoms with Crippen molar-refractivity contribution in [2.75, 3.05) is 0 Å². The monoisotopic (exact) mass is 883 g/mol. The van der Waals surface area contributed by atoms with Crippen molar-refractivity contribution in [1.82, 2.24) is 14.5 Å². The Kier molecular flexibility index (Phi) is 9.69. The number of fused-ring (bicyclic) bond motifs is 7. The van der Waals surface area contributed by atoms with Gasteiger partial charge in [-0.2, -0.15) is 0 Å². The number of rotatable bonds is 8. The summed E-state index contributed by atoms with van der Waals surface area (Å²) in [4.78, 5) is 10.8. The molecular formula is C64H41N3S. The predicted octanol–water partition coefficient (Wildman–Crippen LogP) is 17.6. The lowest BCUT2D eigenvalue weighted by atomic mass is 9.89. The van der Waals surface area contributed by atoms with Crippen LogP contribution >= 0.6 is 11.3 Å². The molecule has 0 aliphatic carbocycles. The van der Waals surface area contributed by atoms with E-state index in [1.807, 2.05) is 11.3 Å². The fourth-order valence-corrected chi connectivity index (χ4v) is 11.2. The summed E-state index contributed by atoms with van der Waals surface area (Å²) in [6, 6.07) is 89.2. The molecule has 0 saturated heterocycles. The predicted molar refractivity (Wildman–Crippen MR) is 287 cm³/mol. The number of thiophene rings is 1. The van der Waals surface area contributed by atoms with Gasteiger partial charge in [-0.25, -0.2) is 9.97 Å². The van der Waals surface area contributed by atoms with Crippen LogP contribution in [0.5, 0.6) is 0 Å². The van der Waals surface area contributed by atoms with Crippen LogP contribution in [0.2, 0.25) is 0 Å². The molecule has 0 bridgehead atoms. The molecule has 68 heavy (non-hydrogen) atoms. The first-order valence-corrected chi connectivity index (χ1v) is 23.9. The van der Waals surface area contributed by atoms with Gasteiger partial charge in [0.25, 0.3) is 0 Å². The highest BCUT2D eigenvalue weighted by Gasteiger charge is 2.21. The lowest BCUT2D eigenvalue weighted by molar-refractivity contribution is 1.18. The highest BCUT2D eigenvalue weighted by Crippen LogP contribution is 2.46. The van der Waals surface area contributed by atoms with E-state index in [-0.39, 0.29) is 0 Å². The quantitative estimate of drug-likeness (QED) is 0.152. The maximum absolute atomic E-state index is 5.42. The second-order valence-corrected chi connectivity index (χ2v) is 18.4. The van der Waals surface area contributed by atoms with Crippen molar-refractivity contribution in [1.29, 1.82) is 0 Å². The summed E-state index contributed by atoms with van der Waals surface area (Å²) in [6.07, 6.45) is 0. The molecule has 0 aliphatic heterocycles. The van der Waals surface area contributed by atoms with Crippen molar-refractivity contribution in [3.05, 3.63) is 249 Å². The van der Waals surface area contributed by atoms with Crippen LogP contribution in [0.3, 0.4) is 0 Å². The van der Waals surface area contributed by atoms with Crippen molar-refractivity contribution < 1.29 is 0 Å². The molecule has 0 N–H and O–H groups in total. The zero-order valence-electron chi connectivity index (χ0n) is 36.9. The van der Waals surface area contributed by atoms with Crippen LogP contribution in [0.15, 0.2) is 249 Å². The molecule has 3 nitrogen and oxygen atoms in total. The van der Waals surface area contributed by atoms with Crippen molar-refractivity contribution in [2.45, 2.75) is 0 Å². The molecule has 13 rings (SSSR count). The highest BCUT2D eigenvalue weighted by molar-refractivity contribution is 7.26. The average molecular weight is 884 g/mol. The third kappa shape index (κ3) is 6.90. The molecule has 3 aromatic heterocycles. The summed E-state index contributed by atoms with van der Waals surface area (Å²) < 4.78 is 4.92. The maximum atomic E-state index is 5.42. The zero-order chi connectivity index (χ0) is 45.0. The van der Waals surface area contributed by atoms with Crippen LogP contribution in [0.4, 0.5) is 0 Å². The molecule has 0 fully saturated rings. The molecule has 3 heterocycles. The Labute approximate surface area is 398 Å².